The Kier molecular flexibility index (Phi) is 6.95. The van der Waals surface area contributed by atoms with Crippen molar-refractivity contribution in [1.82, 2.24) is 0 Å². The molecule has 0 heterocycles. The number of rotatable bonds is 9. The van der Waals surface area contributed by atoms with Crippen molar-refractivity contribution in [3.63, 3.8) is 0 Å². The van der Waals surface area contributed by atoms with Gasteiger partial charge in [-0.05, 0) is 37.6 Å². The van der Waals surface area contributed by atoms with Gasteiger partial charge in [0.2, 0.25) is 0 Å². The summed E-state index contributed by atoms with van der Waals surface area (Å²) in [7, 11) is 0. The molecule has 1 amide bonds. The Morgan fingerprint density at radius 3 is 2.17 bits per heavy atom. The summed E-state index contributed by atoms with van der Waals surface area (Å²) in [5.41, 5.74) is 0.628. The van der Waals surface area contributed by atoms with E-state index in [0.717, 1.165) is 6.42 Å². The Bertz CT molecular complexity index is 657. The SMILES string of the molecule is CCCOc1ccccc1OCC(=O)Nc1ccccc1OCC. The van der Waals surface area contributed by atoms with Crippen LogP contribution in [-0.4, -0.2) is 25.7 Å². The summed E-state index contributed by atoms with van der Waals surface area (Å²) < 4.78 is 16.7. The van der Waals surface area contributed by atoms with Crippen molar-refractivity contribution in [2.24, 2.45) is 0 Å². The summed E-state index contributed by atoms with van der Waals surface area (Å²) in [6.45, 7) is 4.97. The summed E-state index contributed by atoms with van der Waals surface area (Å²) in [6.07, 6.45) is 0.906. The standard InChI is InChI=1S/C19H23NO4/c1-3-13-23-17-11-7-8-12-18(17)24-14-19(21)20-15-9-5-6-10-16(15)22-4-2/h5-12H,3-4,13-14H2,1-2H3,(H,20,21). The Morgan fingerprint density at radius 1 is 0.875 bits per heavy atom. The highest BCUT2D eigenvalue weighted by Gasteiger charge is 2.10. The largest absolute Gasteiger partial charge is 0.492 e. The van der Waals surface area contributed by atoms with Gasteiger partial charge in [0.1, 0.15) is 5.75 Å². The lowest BCUT2D eigenvalue weighted by Crippen LogP contribution is -2.20. The average molecular weight is 329 g/mol. The third-order valence-electron chi connectivity index (χ3n) is 3.13. The Labute approximate surface area is 142 Å². The molecule has 5 heteroatoms. The number of carbonyl (C=O) groups excluding carboxylic acids is 1. The van der Waals surface area contributed by atoms with Crippen LogP contribution >= 0.6 is 0 Å². The third kappa shape index (κ3) is 5.19. The second-order valence-corrected chi connectivity index (χ2v) is 5.06. The average Bonchev–Trinajstić information content (AvgIpc) is 2.61. The Hall–Kier alpha value is -2.69. The highest BCUT2D eigenvalue weighted by molar-refractivity contribution is 5.93. The van der Waals surface area contributed by atoms with Crippen LogP contribution in [0.25, 0.3) is 0 Å². The van der Waals surface area contributed by atoms with E-state index < -0.39 is 0 Å². The van der Waals surface area contributed by atoms with Gasteiger partial charge in [-0.2, -0.15) is 0 Å². The first-order chi connectivity index (χ1) is 11.7. The first-order valence-corrected chi connectivity index (χ1v) is 8.10. The zero-order valence-electron chi connectivity index (χ0n) is 14.1. The molecule has 0 radical (unpaired) electrons. The molecular formula is C19H23NO4. The van der Waals surface area contributed by atoms with Gasteiger partial charge in [-0.15, -0.1) is 0 Å². The van der Waals surface area contributed by atoms with Crippen molar-refractivity contribution < 1.29 is 19.0 Å². The van der Waals surface area contributed by atoms with Crippen LogP contribution in [0.3, 0.4) is 0 Å². The number of amides is 1. The normalized spacial score (nSPS) is 10.1. The molecule has 24 heavy (non-hydrogen) atoms. The molecule has 0 bridgehead atoms. The molecule has 0 saturated carbocycles. The van der Waals surface area contributed by atoms with Gasteiger partial charge in [-0.3, -0.25) is 4.79 Å². The summed E-state index contributed by atoms with van der Waals surface area (Å²) in [6, 6.07) is 14.6. The molecule has 0 fully saturated rings. The number of ether oxygens (including phenoxy) is 3. The van der Waals surface area contributed by atoms with Crippen LogP contribution in [0.5, 0.6) is 17.2 Å². The summed E-state index contributed by atoms with van der Waals surface area (Å²) in [5.74, 6) is 1.58. The number of carbonyl (C=O) groups is 1. The molecule has 5 nitrogen and oxygen atoms in total. The van der Waals surface area contributed by atoms with Gasteiger partial charge in [0.15, 0.2) is 18.1 Å². The second kappa shape index (κ2) is 9.45. The summed E-state index contributed by atoms with van der Waals surface area (Å²) in [4.78, 5) is 12.1. The van der Waals surface area contributed by atoms with E-state index in [1.54, 1.807) is 12.1 Å². The van der Waals surface area contributed by atoms with Crippen LogP contribution in [0, 0.1) is 0 Å². The van der Waals surface area contributed by atoms with Crippen LogP contribution in [0.2, 0.25) is 0 Å². The van der Waals surface area contributed by atoms with Gasteiger partial charge < -0.3 is 19.5 Å². The van der Waals surface area contributed by atoms with Crippen molar-refractivity contribution in [2.75, 3.05) is 25.1 Å². The third-order valence-corrected chi connectivity index (χ3v) is 3.13. The lowest BCUT2D eigenvalue weighted by atomic mass is 10.3. The fourth-order valence-electron chi connectivity index (χ4n) is 2.08. The second-order valence-electron chi connectivity index (χ2n) is 5.06. The maximum absolute atomic E-state index is 12.1. The molecule has 0 spiro atoms. The van der Waals surface area contributed by atoms with E-state index in [2.05, 4.69) is 5.32 Å². The minimum absolute atomic E-state index is 0.104. The zero-order chi connectivity index (χ0) is 17.2. The van der Waals surface area contributed by atoms with E-state index in [9.17, 15) is 4.79 Å². The van der Waals surface area contributed by atoms with Crippen LogP contribution in [0.4, 0.5) is 5.69 Å². The number of nitrogens with one attached hydrogen (secondary N) is 1. The molecule has 0 saturated heterocycles. The lowest BCUT2D eigenvalue weighted by Gasteiger charge is -2.13. The molecule has 2 rings (SSSR count). The van der Waals surface area contributed by atoms with Crippen LogP contribution in [0.1, 0.15) is 20.3 Å². The van der Waals surface area contributed by atoms with E-state index in [-0.39, 0.29) is 12.5 Å². The fourth-order valence-corrected chi connectivity index (χ4v) is 2.08. The monoisotopic (exact) mass is 329 g/mol. The van der Waals surface area contributed by atoms with Crippen molar-refractivity contribution in [3.8, 4) is 17.2 Å². The molecule has 1 N–H and O–H groups in total. The Morgan fingerprint density at radius 2 is 1.50 bits per heavy atom. The summed E-state index contributed by atoms with van der Waals surface area (Å²) in [5, 5.41) is 2.80. The summed E-state index contributed by atoms with van der Waals surface area (Å²) >= 11 is 0. The Balaban J connectivity index is 1.94. The van der Waals surface area contributed by atoms with Crippen LogP contribution < -0.4 is 19.5 Å². The van der Waals surface area contributed by atoms with Gasteiger partial charge in [0.05, 0.1) is 18.9 Å². The molecule has 0 atom stereocenters. The topological polar surface area (TPSA) is 56.8 Å². The smallest absolute Gasteiger partial charge is 0.262 e. The van der Waals surface area contributed by atoms with Gasteiger partial charge in [-0.25, -0.2) is 0 Å². The van der Waals surface area contributed by atoms with E-state index >= 15 is 0 Å². The lowest BCUT2D eigenvalue weighted by molar-refractivity contribution is -0.118. The molecule has 128 valence electrons. The number of benzene rings is 2. The van der Waals surface area contributed by atoms with Gasteiger partial charge in [-0.1, -0.05) is 31.2 Å². The highest BCUT2D eigenvalue weighted by atomic mass is 16.5. The zero-order valence-corrected chi connectivity index (χ0v) is 14.1. The molecule has 0 aliphatic heterocycles. The van der Waals surface area contributed by atoms with Gasteiger partial charge in [0.25, 0.3) is 5.91 Å². The number of hydrogen-bond acceptors (Lipinski definition) is 4. The van der Waals surface area contributed by atoms with E-state index in [1.807, 2.05) is 50.2 Å². The molecule has 2 aromatic carbocycles. The van der Waals surface area contributed by atoms with Crippen molar-refractivity contribution >= 4 is 11.6 Å². The molecule has 2 aromatic rings. The first kappa shape index (κ1) is 17.7. The van der Waals surface area contributed by atoms with E-state index in [1.165, 1.54) is 0 Å². The predicted molar refractivity (Wildman–Crippen MR) is 94.0 cm³/mol. The van der Waals surface area contributed by atoms with E-state index in [4.69, 9.17) is 14.2 Å². The molecule has 0 aliphatic rings. The van der Waals surface area contributed by atoms with Gasteiger partial charge in [0, 0.05) is 0 Å². The molecular weight excluding hydrogens is 306 g/mol. The van der Waals surface area contributed by atoms with Crippen molar-refractivity contribution in [2.45, 2.75) is 20.3 Å². The minimum atomic E-state index is -0.257. The molecule has 0 aliphatic carbocycles. The van der Waals surface area contributed by atoms with Gasteiger partial charge >= 0.3 is 0 Å². The number of para-hydroxylation sites is 4. The first-order valence-electron chi connectivity index (χ1n) is 8.10. The van der Waals surface area contributed by atoms with Crippen molar-refractivity contribution in [3.05, 3.63) is 48.5 Å². The van der Waals surface area contributed by atoms with Crippen LogP contribution in [-0.2, 0) is 4.79 Å². The van der Waals surface area contributed by atoms with Crippen LogP contribution in [0.15, 0.2) is 48.5 Å². The number of anilines is 1. The fraction of sp³-hybridized carbons (Fsp3) is 0.316. The predicted octanol–water partition coefficient (Wildman–Crippen LogP) is 3.89. The maximum Gasteiger partial charge on any atom is 0.262 e. The van der Waals surface area contributed by atoms with Crippen molar-refractivity contribution in [1.29, 1.82) is 0 Å². The highest BCUT2D eigenvalue weighted by Crippen LogP contribution is 2.27. The quantitative estimate of drug-likeness (QED) is 0.758. The minimum Gasteiger partial charge on any atom is -0.492 e. The molecule has 0 unspecified atom stereocenters. The maximum atomic E-state index is 12.1. The van der Waals surface area contributed by atoms with E-state index in [0.29, 0.717) is 36.1 Å². The number of hydrogen-bond donors (Lipinski definition) is 1. The molecule has 0 aromatic heterocycles.